The van der Waals surface area contributed by atoms with E-state index in [2.05, 4.69) is 44.2 Å². The number of nitrogens with one attached hydrogen (secondary N) is 1. The first-order chi connectivity index (χ1) is 9.72. The van der Waals surface area contributed by atoms with E-state index in [4.69, 9.17) is 0 Å². The third-order valence-electron chi connectivity index (χ3n) is 4.02. The predicted molar refractivity (Wildman–Crippen MR) is 78.5 cm³/mol. The van der Waals surface area contributed by atoms with Crippen molar-refractivity contribution in [2.45, 2.75) is 37.8 Å². The fraction of sp³-hybridized carbons (Fsp3) is 0.571. The Morgan fingerprint density at radius 1 is 1.05 bits per heavy atom. The lowest BCUT2D eigenvalue weighted by molar-refractivity contribution is 0.221. The van der Waals surface area contributed by atoms with Crippen molar-refractivity contribution in [3.63, 3.8) is 0 Å². The Morgan fingerprint density at radius 3 is 2.60 bits per heavy atom. The van der Waals surface area contributed by atoms with Gasteiger partial charge in [-0.1, -0.05) is 0 Å². The zero-order chi connectivity index (χ0) is 13.9. The van der Waals surface area contributed by atoms with E-state index in [0.717, 1.165) is 23.9 Å². The van der Waals surface area contributed by atoms with Crippen LogP contribution in [-0.2, 0) is 0 Å². The SMILES string of the molecule is CN(C)C1CCC(Nc2ncc3ncncc3n2)CC1. The maximum Gasteiger partial charge on any atom is 0.223 e. The second kappa shape index (κ2) is 5.66. The van der Waals surface area contributed by atoms with E-state index >= 15 is 0 Å². The number of aromatic nitrogens is 4. The number of rotatable bonds is 3. The normalized spacial score (nSPS) is 23.1. The monoisotopic (exact) mass is 272 g/mol. The number of hydrogen-bond acceptors (Lipinski definition) is 6. The molecule has 2 aromatic heterocycles. The Balaban J connectivity index is 1.65. The molecule has 1 fully saturated rings. The lowest BCUT2D eigenvalue weighted by Gasteiger charge is -2.32. The number of fused-ring (bicyclic) bond motifs is 1. The summed E-state index contributed by atoms with van der Waals surface area (Å²) in [5.74, 6) is 0.681. The molecule has 0 saturated heterocycles. The van der Waals surface area contributed by atoms with Gasteiger partial charge in [-0.2, -0.15) is 0 Å². The van der Waals surface area contributed by atoms with Gasteiger partial charge in [0.1, 0.15) is 17.4 Å². The van der Waals surface area contributed by atoms with Gasteiger partial charge in [-0.3, -0.25) is 0 Å². The molecule has 0 unspecified atom stereocenters. The van der Waals surface area contributed by atoms with E-state index in [0.29, 0.717) is 18.0 Å². The average Bonchev–Trinajstić information content (AvgIpc) is 2.48. The van der Waals surface area contributed by atoms with Gasteiger partial charge in [-0.15, -0.1) is 0 Å². The molecule has 106 valence electrons. The van der Waals surface area contributed by atoms with E-state index < -0.39 is 0 Å². The molecule has 0 radical (unpaired) electrons. The minimum absolute atomic E-state index is 0.466. The summed E-state index contributed by atoms with van der Waals surface area (Å²) in [6, 6.07) is 1.17. The number of nitrogens with zero attached hydrogens (tertiary/aromatic N) is 5. The molecule has 20 heavy (non-hydrogen) atoms. The fourth-order valence-corrected chi connectivity index (χ4v) is 2.77. The Kier molecular flexibility index (Phi) is 3.73. The van der Waals surface area contributed by atoms with Crippen molar-refractivity contribution in [2.75, 3.05) is 19.4 Å². The standard InChI is InChI=1S/C14H20N6/c1-20(2)11-5-3-10(4-6-11)18-14-16-8-12-13(19-14)7-15-9-17-12/h7-11H,3-6H2,1-2H3,(H,16,18,19). The summed E-state index contributed by atoms with van der Waals surface area (Å²) in [5.41, 5.74) is 1.56. The molecule has 0 atom stereocenters. The molecule has 0 aliphatic heterocycles. The van der Waals surface area contributed by atoms with Crippen LogP contribution in [0.2, 0.25) is 0 Å². The molecule has 2 heterocycles. The van der Waals surface area contributed by atoms with Crippen molar-refractivity contribution in [3.05, 3.63) is 18.7 Å². The zero-order valence-corrected chi connectivity index (χ0v) is 12.0. The van der Waals surface area contributed by atoms with E-state index in [9.17, 15) is 0 Å². The van der Waals surface area contributed by atoms with Gasteiger partial charge < -0.3 is 10.2 Å². The van der Waals surface area contributed by atoms with Gasteiger partial charge >= 0.3 is 0 Å². The highest BCUT2D eigenvalue weighted by Crippen LogP contribution is 2.23. The largest absolute Gasteiger partial charge is 0.351 e. The molecule has 0 bridgehead atoms. The number of hydrogen-bond donors (Lipinski definition) is 1. The van der Waals surface area contributed by atoms with E-state index in [1.807, 2.05) is 0 Å². The van der Waals surface area contributed by atoms with Crippen LogP contribution in [0.25, 0.3) is 11.0 Å². The molecular weight excluding hydrogens is 252 g/mol. The number of anilines is 1. The Morgan fingerprint density at radius 2 is 1.85 bits per heavy atom. The summed E-state index contributed by atoms with van der Waals surface area (Å²) in [4.78, 5) is 19.2. The Bertz CT molecular complexity index is 577. The molecular formula is C14H20N6. The second-order valence-electron chi connectivity index (χ2n) is 5.60. The summed E-state index contributed by atoms with van der Waals surface area (Å²) in [6.07, 6.45) is 9.76. The quantitative estimate of drug-likeness (QED) is 0.917. The Labute approximate surface area is 118 Å². The van der Waals surface area contributed by atoms with Gasteiger partial charge in [0.05, 0.1) is 12.4 Å². The van der Waals surface area contributed by atoms with Gasteiger partial charge in [0.2, 0.25) is 5.95 Å². The fourth-order valence-electron chi connectivity index (χ4n) is 2.77. The highest BCUT2D eigenvalue weighted by atomic mass is 15.1. The molecule has 6 heteroatoms. The van der Waals surface area contributed by atoms with Crippen molar-refractivity contribution in [1.82, 2.24) is 24.8 Å². The van der Waals surface area contributed by atoms with Crippen molar-refractivity contribution >= 4 is 17.0 Å². The molecule has 1 aliphatic carbocycles. The highest BCUT2D eigenvalue weighted by molar-refractivity contribution is 5.72. The summed E-state index contributed by atoms with van der Waals surface area (Å²) in [7, 11) is 4.32. The van der Waals surface area contributed by atoms with Crippen molar-refractivity contribution in [1.29, 1.82) is 0 Å². The molecule has 3 rings (SSSR count). The van der Waals surface area contributed by atoms with Gasteiger partial charge in [0, 0.05) is 12.1 Å². The van der Waals surface area contributed by atoms with E-state index in [-0.39, 0.29) is 0 Å². The van der Waals surface area contributed by atoms with Crippen LogP contribution in [0.1, 0.15) is 25.7 Å². The predicted octanol–water partition coefficient (Wildman–Crippen LogP) is 1.70. The minimum Gasteiger partial charge on any atom is -0.351 e. The smallest absolute Gasteiger partial charge is 0.223 e. The van der Waals surface area contributed by atoms with E-state index in [1.54, 1.807) is 12.4 Å². The topological polar surface area (TPSA) is 66.8 Å². The summed E-state index contributed by atoms with van der Waals surface area (Å²) in [6.45, 7) is 0. The minimum atomic E-state index is 0.466. The molecule has 2 aromatic rings. The summed E-state index contributed by atoms with van der Waals surface area (Å²) in [5, 5.41) is 3.44. The molecule has 6 nitrogen and oxygen atoms in total. The average molecular weight is 272 g/mol. The van der Waals surface area contributed by atoms with Gasteiger partial charge in [0.25, 0.3) is 0 Å². The molecule has 0 amide bonds. The third-order valence-corrected chi connectivity index (χ3v) is 4.02. The molecule has 0 spiro atoms. The van der Waals surface area contributed by atoms with Crippen LogP contribution in [-0.4, -0.2) is 51.0 Å². The van der Waals surface area contributed by atoms with Gasteiger partial charge in [-0.05, 0) is 39.8 Å². The molecule has 1 saturated carbocycles. The van der Waals surface area contributed by atoms with E-state index in [1.165, 1.54) is 19.2 Å². The van der Waals surface area contributed by atoms with Crippen LogP contribution in [0.5, 0.6) is 0 Å². The third kappa shape index (κ3) is 2.85. The van der Waals surface area contributed by atoms with Crippen LogP contribution in [0.4, 0.5) is 5.95 Å². The van der Waals surface area contributed by atoms with Crippen LogP contribution in [0.3, 0.4) is 0 Å². The molecule has 1 N–H and O–H groups in total. The van der Waals surface area contributed by atoms with Gasteiger partial charge in [0.15, 0.2) is 0 Å². The first-order valence-electron chi connectivity index (χ1n) is 7.08. The molecule has 0 aromatic carbocycles. The van der Waals surface area contributed by atoms with Crippen LogP contribution in [0.15, 0.2) is 18.7 Å². The van der Waals surface area contributed by atoms with Crippen molar-refractivity contribution in [2.24, 2.45) is 0 Å². The van der Waals surface area contributed by atoms with Crippen molar-refractivity contribution in [3.8, 4) is 0 Å². The zero-order valence-electron chi connectivity index (χ0n) is 12.0. The van der Waals surface area contributed by atoms with Crippen LogP contribution in [0, 0.1) is 0 Å². The lowest BCUT2D eigenvalue weighted by atomic mass is 9.91. The maximum absolute atomic E-state index is 4.47. The lowest BCUT2D eigenvalue weighted by Crippen LogP contribution is -2.36. The highest BCUT2D eigenvalue weighted by Gasteiger charge is 2.22. The summed E-state index contributed by atoms with van der Waals surface area (Å²) >= 11 is 0. The van der Waals surface area contributed by atoms with Crippen LogP contribution < -0.4 is 5.32 Å². The maximum atomic E-state index is 4.47. The first kappa shape index (κ1) is 13.2. The second-order valence-corrected chi connectivity index (χ2v) is 5.60. The molecule has 1 aliphatic rings. The summed E-state index contributed by atoms with van der Waals surface area (Å²) < 4.78 is 0. The first-order valence-corrected chi connectivity index (χ1v) is 7.08. The van der Waals surface area contributed by atoms with Crippen LogP contribution >= 0.6 is 0 Å². The van der Waals surface area contributed by atoms with Gasteiger partial charge in [-0.25, -0.2) is 19.9 Å². The Hall–Kier alpha value is -1.82. The van der Waals surface area contributed by atoms with Crippen molar-refractivity contribution < 1.29 is 0 Å².